The Morgan fingerprint density at radius 2 is 2.08 bits per heavy atom. The molecule has 1 aliphatic rings. The fourth-order valence-electron chi connectivity index (χ4n) is 3.32. The molecule has 25 heavy (non-hydrogen) atoms. The molecule has 3 aromatic rings. The van der Waals surface area contributed by atoms with Gasteiger partial charge in [0.1, 0.15) is 5.82 Å². The molecule has 2 aromatic heterocycles. The average molecular weight is 339 g/mol. The lowest BCUT2D eigenvalue weighted by molar-refractivity contribution is 0.0669. The number of aromatic amines is 1. The molecule has 1 N–H and O–H groups in total. The third-order valence-electron chi connectivity index (χ3n) is 4.66. The fraction of sp³-hybridized carbons (Fsp3) is 0.278. The molecular formula is C18H18FN5O. The van der Waals surface area contributed by atoms with E-state index in [2.05, 4.69) is 19.9 Å². The maximum atomic E-state index is 14.4. The number of anilines is 1. The van der Waals surface area contributed by atoms with Gasteiger partial charge in [0.25, 0.3) is 5.91 Å². The summed E-state index contributed by atoms with van der Waals surface area (Å²) in [5.41, 5.74) is 2.33. The summed E-state index contributed by atoms with van der Waals surface area (Å²) in [5.74, 6) is -0.810. The van der Waals surface area contributed by atoms with E-state index in [0.29, 0.717) is 30.7 Å². The number of pyridine rings is 1. The number of carbonyl (C=O) groups is 1. The molecule has 1 aromatic carbocycles. The van der Waals surface area contributed by atoms with Gasteiger partial charge in [0.05, 0.1) is 22.9 Å². The summed E-state index contributed by atoms with van der Waals surface area (Å²) in [4.78, 5) is 27.8. The zero-order valence-electron chi connectivity index (χ0n) is 13.8. The first-order valence-electron chi connectivity index (χ1n) is 8.22. The number of hydrogen-bond acceptors (Lipinski definition) is 4. The average Bonchev–Trinajstić information content (AvgIpc) is 3.08. The Morgan fingerprint density at radius 1 is 1.28 bits per heavy atom. The number of imidazole rings is 1. The topological polar surface area (TPSA) is 65.1 Å². The number of hydrogen-bond donors (Lipinski definition) is 1. The molecule has 128 valence electrons. The number of rotatable bonds is 2. The highest BCUT2D eigenvalue weighted by molar-refractivity contribution is 5.98. The molecule has 1 unspecified atom stereocenters. The molecule has 1 saturated heterocycles. The fourth-order valence-corrected chi connectivity index (χ4v) is 3.32. The van der Waals surface area contributed by atoms with Crippen molar-refractivity contribution in [3.63, 3.8) is 0 Å². The standard InChI is InChI=1S/C18H18FN5O/c1-12-10-23(13-2-4-20-5-3-13)6-7-24(12)18(25)14-8-16-17(9-15(14)19)22-11-21-16/h2-5,8-9,11-12H,6-7,10H2,1H3,(H,21,22). The minimum Gasteiger partial charge on any atom is -0.368 e. The van der Waals surface area contributed by atoms with Crippen LogP contribution in [-0.4, -0.2) is 51.4 Å². The number of halogens is 1. The highest BCUT2D eigenvalue weighted by Gasteiger charge is 2.30. The molecule has 1 fully saturated rings. The number of amides is 1. The van der Waals surface area contributed by atoms with Gasteiger partial charge in [-0.05, 0) is 25.1 Å². The van der Waals surface area contributed by atoms with Gasteiger partial charge in [0, 0.05) is 49.8 Å². The zero-order chi connectivity index (χ0) is 17.4. The van der Waals surface area contributed by atoms with Gasteiger partial charge < -0.3 is 14.8 Å². The van der Waals surface area contributed by atoms with Crippen molar-refractivity contribution in [2.75, 3.05) is 24.5 Å². The molecule has 0 aliphatic carbocycles. The third kappa shape index (κ3) is 2.82. The molecule has 1 atom stereocenters. The third-order valence-corrected chi connectivity index (χ3v) is 4.66. The van der Waals surface area contributed by atoms with Crippen molar-refractivity contribution >= 4 is 22.6 Å². The second-order valence-electron chi connectivity index (χ2n) is 6.25. The van der Waals surface area contributed by atoms with Crippen molar-refractivity contribution in [3.05, 3.63) is 54.4 Å². The molecule has 0 bridgehead atoms. The monoisotopic (exact) mass is 339 g/mol. The van der Waals surface area contributed by atoms with Crippen LogP contribution in [0.25, 0.3) is 11.0 Å². The van der Waals surface area contributed by atoms with Crippen molar-refractivity contribution < 1.29 is 9.18 Å². The molecule has 0 radical (unpaired) electrons. The van der Waals surface area contributed by atoms with E-state index >= 15 is 0 Å². The van der Waals surface area contributed by atoms with Crippen LogP contribution >= 0.6 is 0 Å². The number of nitrogens with zero attached hydrogens (tertiary/aromatic N) is 4. The van der Waals surface area contributed by atoms with Gasteiger partial charge in [-0.1, -0.05) is 0 Å². The van der Waals surface area contributed by atoms with E-state index in [1.807, 2.05) is 19.1 Å². The quantitative estimate of drug-likeness (QED) is 0.779. The second-order valence-corrected chi connectivity index (χ2v) is 6.25. The van der Waals surface area contributed by atoms with Crippen LogP contribution in [0.4, 0.5) is 10.1 Å². The maximum Gasteiger partial charge on any atom is 0.257 e. The van der Waals surface area contributed by atoms with Crippen LogP contribution < -0.4 is 4.90 Å². The van der Waals surface area contributed by atoms with Crippen LogP contribution in [0.15, 0.2) is 43.0 Å². The molecule has 0 spiro atoms. The van der Waals surface area contributed by atoms with E-state index in [-0.39, 0.29) is 17.5 Å². The van der Waals surface area contributed by atoms with Crippen LogP contribution in [0, 0.1) is 5.82 Å². The molecule has 1 amide bonds. The normalized spacial score (nSPS) is 17.9. The van der Waals surface area contributed by atoms with Crippen molar-refractivity contribution in [2.45, 2.75) is 13.0 Å². The minimum absolute atomic E-state index is 0.0244. The van der Waals surface area contributed by atoms with Gasteiger partial charge in [-0.15, -0.1) is 0 Å². The lowest BCUT2D eigenvalue weighted by Crippen LogP contribution is -2.54. The Labute approximate surface area is 144 Å². The summed E-state index contributed by atoms with van der Waals surface area (Å²) < 4.78 is 14.4. The van der Waals surface area contributed by atoms with E-state index in [4.69, 9.17) is 0 Å². The van der Waals surface area contributed by atoms with Gasteiger partial charge in [-0.25, -0.2) is 9.37 Å². The lowest BCUT2D eigenvalue weighted by atomic mass is 10.1. The van der Waals surface area contributed by atoms with Crippen molar-refractivity contribution in [1.82, 2.24) is 19.9 Å². The van der Waals surface area contributed by atoms with E-state index in [0.717, 1.165) is 5.69 Å². The lowest BCUT2D eigenvalue weighted by Gasteiger charge is -2.41. The number of H-pyrrole nitrogens is 1. The summed E-state index contributed by atoms with van der Waals surface area (Å²) in [5, 5.41) is 0. The number of fused-ring (bicyclic) bond motifs is 1. The van der Waals surface area contributed by atoms with E-state index in [9.17, 15) is 9.18 Å². The minimum atomic E-state index is -0.523. The van der Waals surface area contributed by atoms with E-state index in [1.54, 1.807) is 17.3 Å². The molecule has 6 nitrogen and oxygen atoms in total. The van der Waals surface area contributed by atoms with Crippen molar-refractivity contribution in [2.24, 2.45) is 0 Å². The predicted octanol–water partition coefficient (Wildman–Crippen LogP) is 2.45. The van der Waals surface area contributed by atoms with Gasteiger partial charge in [-0.3, -0.25) is 9.78 Å². The SMILES string of the molecule is CC1CN(c2ccncc2)CCN1C(=O)c1cc2nc[nH]c2cc1F. The smallest absolute Gasteiger partial charge is 0.257 e. The molecule has 1 aliphatic heterocycles. The number of aromatic nitrogens is 3. The summed E-state index contributed by atoms with van der Waals surface area (Å²) in [7, 11) is 0. The number of benzene rings is 1. The van der Waals surface area contributed by atoms with Crippen LogP contribution in [0.2, 0.25) is 0 Å². The first kappa shape index (κ1) is 15.6. The van der Waals surface area contributed by atoms with Gasteiger partial charge in [0.15, 0.2) is 0 Å². The molecule has 0 saturated carbocycles. The van der Waals surface area contributed by atoms with Gasteiger partial charge in [0.2, 0.25) is 0 Å². The van der Waals surface area contributed by atoms with Gasteiger partial charge in [-0.2, -0.15) is 0 Å². The van der Waals surface area contributed by atoms with Crippen LogP contribution in [-0.2, 0) is 0 Å². The number of nitrogens with one attached hydrogen (secondary N) is 1. The van der Waals surface area contributed by atoms with E-state index < -0.39 is 5.82 Å². The number of carbonyl (C=O) groups excluding carboxylic acids is 1. The highest BCUT2D eigenvalue weighted by atomic mass is 19.1. The Kier molecular flexibility index (Phi) is 3.83. The highest BCUT2D eigenvalue weighted by Crippen LogP contribution is 2.22. The predicted molar refractivity (Wildman–Crippen MR) is 93.0 cm³/mol. The molecule has 3 heterocycles. The van der Waals surface area contributed by atoms with Crippen LogP contribution in [0.3, 0.4) is 0 Å². The van der Waals surface area contributed by atoms with Crippen molar-refractivity contribution in [3.8, 4) is 0 Å². The van der Waals surface area contributed by atoms with E-state index in [1.165, 1.54) is 18.5 Å². The Morgan fingerprint density at radius 3 is 2.84 bits per heavy atom. The van der Waals surface area contributed by atoms with Crippen LogP contribution in [0.1, 0.15) is 17.3 Å². The summed E-state index contributed by atoms with van der Waals surface area (Å²) in [6.45, 7) is 3.92. The summed E-state index contributed by atoms with van der Waals surface area (Å²) in [6.07, 6.45) is 5.01. The Balaban J connectivity index is 1.55. The zero-order valence-corrected chi connectivity index (χ0v) is 13.8. The second kappa shape index (κ2) is 6.16. The molecule has 4 rings (SSSR count). The largest absolute Gasteiger partial charge is 0.368 e. The van der Waals surface area contributed by atoms with Crippen LogP contribution in [0.5, 0.6) is 0 Å². The summed E-state index contributed by atoms with van der Waals surface area (Å²) in [6, 6.07) is 6.73. The Bertz CT molecular complexity index is 910. The number of piperazine rings is 1. The molecular weight excluding hydrogens is 321 g/mol. The molecule has 7 heteroatoms. The first-order chi connectivity index (χ1) is 12.1. The maximum absolute atomic E-state index is 14.4. The van der Waals surface area contributed by atoms with Crippen molar-refractivity contribution in [1.29, 1.82) is 0 Å². The van der Waals surface area contributed by atoms with Gasteiger partial charge >= 0.3 is 0 Å². The Hall–Kier alpha value is -2.96. The first-order valence-corrected chi connectivity index (χ1v) is 8.22. The summed E-state index contributed by atoms with van der Waals surface area (Å²) >= 11 is 0.